The van der Waals surface area contributed by atoms with Crippen LogP contribution in [0.5, 0.6) is 5.75 Å². The molecule has 2 rings (SSSR count). The van der Waals surface area contributed by atoms with Crippen LogP contribution in [0.4, 0.5) is 5.69 Å². The lowest BCUT2D eigenvalue weighted by molar-refractivity contribution is 0.223. The molecular formula is C25H33N3O. The van der Waals surface area contributed by atoms with Gasteiger partial charge in [-0.15, -0.1) is 0 Å². The Balaban J connectivity index is 2.04. The lowest BCUT2D eigenvalue weighted by atomic mass is 10.0. The van der Waals surface area contributed by atoms with E-state index in [1.807, 2.05) is 42.5 Å². The molecule has 0 aliphatic heterocycles. The molecule has 29 heavy (non-hydrogen) atoms. The second-order valence-corrected chi connectivity index (χ2v) is 6.83. The van der Waals surface area contributed by atoms with Gasteiger partial charge >= 0.3 is 0 Å². The molecule has 0 unspecified atom stereocenters. The molecule has 0 spiro atoms. The minimum absolute atomic E-state index is 0.659. The van der Waals surface area contributed by atoms with Crippen molar-refractivity contribution >= 4 is 17.3 Å². The second kappa shape index (κ2) is 11.9. The molecule has 0 bridgehead atoms. The van der Waals surface area contributed by atoms with Crippen molar-refractivity contribution in [3.63, 3.8) is 0 Å². The van der Waals surface area contributed by atoms with Gasteiger partial charge in [0.15, 0.2) is 0 Å². The Hall–Kier alpha value is -2.77. The zero-order valence-electron chi connectivity index (χ0n) is 18.2. The summed E-state index contributed by atoms with van der Waals surface area (Å²) in [5, 5.41) is 9.62. The molecule has 2 aromatic carbocycles. The van der Waals surface area contributed by atoms with Crippen LogP contribution in [-0.4, -0.2) is 44.2 Å². The predicted molar refractivity (Wildman–Crippen MR) is 123 cm³/mol. The van der Waals surface area contributed by atoms with Gasteiger partial charge in [-0.3, -0.25) is 0 Å². The number of nitriles is 1. The van der Waals surface area contributed by atoms with Crippen LogP contribution < -0.4 is 9.64 Å². The van der Waals surface area contributed by atoms with Crippen LogP contribution in [-0.2, 0) is 0 Å². The van der Waals surface area contributed by atoms with Gasteiger partial charge in [-0.05, 0) is 68.4 Å². The Morgan fingerprint density at radius 2 is 1.52 bits per heavy atom. The SMILES string of the molecule is CCN(CC)CCOc1ccc(C=C(C#N)c2ccc(N(CC)CC)cc2)cc1. The highest BCUT2D eigenvalue weighted by Gasteiger charge is 2.05. The standard InChI is InChI=1S/C25H33N3O/c1-5-27(6-2)17-18-29-25-15-9-21(10-16-25)19-23(20-26)22-11-13-24(14-12-22)28(7-3)8-4/h9-16,19H,5-8,17-18H2,1-4H3. The minimum atomic E-state index is 0.659. The molecule has 0 saturated heterocycles. The van der Waals surface area contributed by atoms with E-state index in [0.717, 1.165) is 49.6 Å². The molecule has 0 N–H and O–H groups in total. The number of likely N-dealkylation sites (N-methyl/N-ethyl adjacent to an activating group) is 1. The van der Waals surface area contributed by atoms with Crippen molar-refractivity contribution in [2.75, 3.05) is 44.2 Å². The number of anilines is 1. The summed E-state index contributed by atoms with van der Waals surface area (Å²) in [6.07, 6.45) is 1.92. The third-order valence-electron chi connectivity index (χ3n) is 5.19. The molecule has 154 valence electrons. The molecular weight excluding hydrogens is 358 g/mol. The van der Waals surface area contributed by atoms with Crippen molar-refractivity contribution in [1.29, 1.82) is 5.26 Å². The quantitative estimate of drug-likeness (QED) is 0.384. The summed E-state index contributed by atoms with van der Waals surface area (Å²) in [6, 6.07) is 18.5. The van der Waals surface area contributed by atoms with Crippen molar-refractivity contribution in [2.45, 2.75) is 27.7 Å². The topological polar surface area (TPSA) is 39.5 Å². The first-order chi connectivity index (χ1) is 14.1. The summed E-state index contributed by atoms with van der Waals surface area (Å²) in [6.45, 7) is 14.2. The van der Waals surface area contributed by atoms with E-state index in [1.54, 1.807) is 0 Å². The molecule has 4 nitrogen and oxygen atoms in total. The Morgan fingerprint density at radius 1 is 0.897 bits per heavy atom. The van der Waals surface area contributed by atoms with Crippen LogP contribution in [0.2, 0.25) is 0 Å². The zero-order chi connectivity index (χ0) is 21.1. The van der Waals surface area contributed by atoms with E-state index >= 15 is 0 Å². The van der Waals surface area contributed by atoms with Crippen LogP contribution in [0.25, 0.3) is 11.6 Å². The fourth-order valence-electron chi connectivity index (χ4n) is 3.28. The van der Waals surface area contributed by atoms with E-state index in [9.17, 15) is 5.26 Å². The molecule has 0 saturated carbocycles. The highest BCUT2D eigenvalue weighted by Crippen LogP contribution is 2.22. The summed E-state index contributed by atoms with van der Waals surface area (Å²) < 4.78 is 5.84. The van der Waals surface area contributed by atoms with Gasteiger partial charge in [0.25, 0.3) is 0 Å². The number of hydrogen-bond donors (Lipinski definition) is 0. The number of allylic oxidation sites excluding steroid dienone is 1. The van der Waals surface area contributed by atoms with Gasteiger partial charge in [0.2, 0.25) is 0 Å². The number of benzene rings is 2. The molecule has 2 aromatic rings. The van der Waals surface area contributed by atoms with E-state index in [2.05, 4.69) is 55.7 Å². The van der Waals surface area contributed by atoms with Crippen LogP contribution in [0, 0.1) is 11.3 Å². The normalized spacial score (nSPS) is 11.4. The first kappa shape index (κ1) is 22.5. The van der Waals surface area contributed by atoms with Crippen molar-refractivity contribution in [2.24, 2.45) is 0 Å². The Morgan fingerprint density at radius 3 is 2.03 bits per heavy atom. The molecule has 0 aromatic heterocycles. The van der Waals surface area contributed by atoms with Crippen molar-refractivity contribution in [1.82, 2.24) is 4.90 Å². The largest absolute Gasteiger partial charge is 0.492 e. The molecule has 0 atom stereocenters. The maximum absolute atomic E-state index is 9.62. The Labute approximate surface area is 176 Å². The summed E-state index contributed by atoms with van der Waals surface area (Å²) in [7, 11) is 0. The number of nitrogens with zero attached hydrogens (tertiary/aromatic N) is 3. The van der Waals surface area contributed by atoms with E-state index in [1.165, 1.54) is 5.69 Å². The van der Waals surface area contributed by atoms with Gasteiger partial charge in [-0.25, -0.2) is 0 Å². The van der Waals surface area contributed by atoms with Crippen molar-refractivity contribution in [3.05, 3.63) is 59.7 Å². The lowest BCUT2D eigenvalue weighted by Crippen LogP contribution is -2.27. The molecule has 0 aliphatic carbocycles. The fourth-order valence-corrected chi connectivity index (χ4v) is 3.28. The number of ether oxygens (including phenoxy) is 1. The molecule has 0 aliphatic rings. The highest BCUT2D eigenvalue weighted by molar-refractivity contribution is 5.89. The van der Waals surface area contributed by atoms with E-state index in [-0.39, 0.29) is 0 Å². The van der Waals surface area contributed by atoms with Crippen LogP contribution >= 0.6 is 0 Å². The third kappa shape index (κ3) is 6.66. The maximum atomic E-state index is 9.62. The summed E-state index contributed by atoms with van der Waals surface area (Å²) in [4.78, 5) is 4.63. The number of rotatable bonds is 11. The molecule has 0 amide bonds. The lowest BCUT2D eigenvalue weighted by Gasteiger charge is -2.21. The second-order valence-electron chi connectivity index (χ2n) is 6.83. The number of hydrogen-bond acceptors (Lipinski definition) is 4. The van der Waals surface area contributed by atoms with Crippen LogP contribution in [0.1, 0.15) is 38.8 Å². The monoisotopic (exact) mass is 391 g/mol. The molecule has 4 heteroatoms. The average molecular weight is 392 g/mol. The van der Waals surface area contributed by atoms with Crippen molar-refractivity contribution in [3.8, 4) is 11.8 Å². The Kier molecular flexibility index (Phi) is 9.27. The van der Waals surface area contributed by atoms with Gasteiger partial charge in [-0.1, -0.05) is 38.1 Å². The van der Waals surface area contributed by atoms with E-state index in [4.69, 9.17) is 4.74 Å². The highest BCUT2D eigenvalue weighted by atomic mass is 16.5. The summed E-state index contributed by atoms with van der Waals surface area (Å²) in [5.74, 6) is 0.858. The van der Waals surface area contributed by atoms with Gasteiger partial charge in [0.1, 0.15) is 12.4 Å². The van der Waals surface area contributed by atoms with Crippen LogP contribution in [0.15, 0.2) is 48.5 Å². The first-order valence-electron chi connectivity index (χ1n) is 10.6. The van der Waals surface area contributed by atoms with Crippen molar-refractivity contribution < 1.29 is 4.74 Å². The summed E-state index contributed by atoms with van der Waals surface area (Å²) >= 11 is 0. The maximum Gasteiger partial charge on any atom is 0.119 e. The summed E-state index contributed by atoms with van der Waals surface area (Å²) in [5.41, 5.74) is 3.77. The first-order valence-corrected chi connectivity index (χ1v) is 10.6. The predicted octanol–water partition coefficient (Wildman–Crippen LogP) is 5.32. The fraction of sp³-hybridized carbons (Fsp3) is 0.400. The van der Waals surface area contributed by atoms with E-state index in [0.29, 0.717) is 12.2 Å². The van der Waals surface area contributed by atoms with Gasteiger partial charge in [0.05, 0.1) is 11.6 Å². The molecule has 0 radical (unpaired) electrons. The molecule has 0 fully saturated rings. The zero-order valence-corrected chi connectivity index (χ0v) is 18.2. The average Bonchev–Trinajstić information content (AvgIpc) is 2.77. The van der Waals surface area contributed by atoms with E-state index < -0.39 is 0 Å². The van der Waals surface area contributed by atoms with Gasteiger partial charge in [-0.2, -0.15) is 5.26 Å². The minimum Gasteiger partial charge on any atom is -0.492 e. The van der Waals surface area contributed by atoms with Crippen LogP contribution in [0.3, 0.4) is 0 Å². The Bertz CT molecular complexity index is 795. The van der Waals surface area contributed by atoms with Gasteiger partial charge < -0.3 is 14.5 Å². The van der Waals surface area contributed by atoms with Gasteiger partial charge in [0, 0.05) is 25.3 Å². The smallest absolute Gasteiger partial charge is 0.119 e. The third-order valence-corrected chi connectivity index (χ3v) is 5.19. The molecule has 0 heterocycles.